The fourth-order valence-electron chi connectivity index (χ4n) is 3.60. The Hall–Kier alpha value is -1.57. The molecule has 0 radical (unpaired) electrons. The molecular formula is C24H38N2. The average Bonchev–Trinajstić information content (AvgIpc) is 3.05. The summed E-state index contributed by atoms with van der Waals surface area (Å²) < 4.78 is 2.40. The smallest absolute Gasteiger partial charge is 0.109 e. The molecule has 26 heavy (non-hydrogen) atoms. The Morgan fingerprint density at radius 1 is 0.808 bits per heavy atom. The summed E-state index contributed by atoms with van der Waals surface area (Å²) in [4.78, 5) is 4.97. The van der Waals surface area contributed by atoms with Crippen molar-refractivity contribution in [3.63, 3.8) is 0 Å². The third kappa shape index (κ3) is 7.35. The lowest BCUT2D eigenvalue weighted by Crippen LogP contribution is -2.05. The highest BCUT2D eigenvalue weighted by Crippen LogP contribution is 2.17. The van der Waals surface area contributed by atoms with Crippen LogP contribution in [0.2, 0.25) is 0 Å². The first-order chi connectivity index (χ1) is 12.7. The third-order valence-corrected chi connectivity index (χ3v) is 5.16. The van der Waals surface area contributed by atoms with Gasteiger partial charge in [-0.2, -0.15) is 0 Å². The third-order valence-electron chi connectivity index (χ3n) is 5.16. The van der Waals surface area contributed by atoms with Crippen LogP contribution in [-0.4, -0.2) is 9.55 Å². The van der Waals surface area contributed by atoms with Crippen LogP contribution in [0.5, 0.6) is 0 Å². The van der Waals surface area contributed by atoms with Crippen molar-refractivity contribution >= 4 is 0 Å². The van der Waals surface area contributed by atoms with Crippen LogP contribution in [0, 0.1) is 0 Å². The maximum Gasteiger partial charge on any atom is 0.109 e. The molecule has 0 unspecified atom stereocenters. The van der Waals surface area contributed by atoms with E-state index in [1.165, 1.54) is 68.4 Å². The van der Waals surface area contributed by atoms with E-state index in [0.717, 1.165) is 19.3 Å². The molecule has 0 aliphatic carbocycles. The van der Waals surface area contributed by atoms with E-state index < -0.39 is 0 Å². The van der Waals surface area contributed by atoms with Crippen molar-refractivity contribution in [1.29, 1.82) is 0 Å². The van der Waals surface area contributed by atoms with Gasteiger partial charge >= 0.3 is 0 Å². The molecule has 2 heteroatoms. The minimum atomic E-state index is 0.505. The van der Waals surface area contributed by atoms with Gasteiger partial charge in [0.05, 0.1) is 5.69 Å². The molecule has 2 aromatic rings. The normalized spacial score (nSPS) is 11.4. The van der Waals surface area contributed by atoms with Gasteiger partial charge in [0.15, 0.2) is 0 Å². The molecule has 144 valence electrons. The standard InChI is InChI=1S/C24H38N2/c1-4-5-6-7-8-9-13-19-24-25-23(20-26(24)21(2)3)18-14-17-22-15-11-10-12-16-22/h10-12,15-16,20-21H,4-9,13-14,17-19H2,1-3H3. The zero-order chi connectivity index (χ0) is 18.6. The minimum absolute atomic E-state index is 0.505. The Morgan fingerprint density at radius 3 is 2.19 bits per heavy atom. The van der Waals surface area contributed by atoms with Gasteiger partial charge in [-0.3, -0.25) is 0 Å². The molecule has 1 aromatic heterocycles. The second-order valence-corrected chi connectivity index (χ2v) is 7.86. The van der Waals surface area contributed by atoms with E-state index in [2.05, 4.69) is 61.9 Å². The van der Waals surface area contributed by atoms with E-state index in [9.17, 15) is 0 Å². The van der Waals surface area contributed by atoms with Crippen LogP contribution < -0.4 is 0 Å². The van der Waals surface area contributed by atoms with E-state index in [0.29, 0.717) is 6.04 Å². The Labute approximate surface area is 161 Å². The van der Waals surface area contributed by atoms with Crippen molar-refractivity contribution in [3.05, 3.63) is 53.6 Å². The first-order valence-electron chi connectivity index (χ1n) is 10.8. The number of nitrogens with zero attached hydrogens (tertiary/aromatic N) is 2. The summed E-state index contributed by atoms with van der Waals surface area (Å²) in [7, 11) is 0. The lowest BCUT2D eigenvalue weighted by molar-refractivity contribution is 0.542. The van der Waals surface area contributed by atoms with Crippen molar-refractivity contribution in [2.45, 2.75) is 97.4 Å². The minimum Gasteiger partial charge on any atom is -0.332 e. The summed E-state index contributed by atoms with van der Waals surface area (Å²) in [6.07, 6.45) is 16.4. The molecule has 0 aliphatic rings. The van der Waals surface area contributed by atoms with Crippen LogP contribution in [0.25, 0.3) is 0 Å². The molecule has 0 spiro atoms. The highest BCUT2D eigenvalue weighted by atomic mass is 15.1. The highest BCUT2D eigenvalue weighted by molar-refractivity contribution is 5.15. The Bertz CT molecular complexity index is 598. The Balaban J connectivity index is 1.77. The first kappa shape index (κ1) is 20.7. The van der Waals surface area contributed by atoms with Gasteiger partial charge in [0, 0.05) is 18.7 Å². The van der Waals surface area contributed by atoms with Crippen molar-refractivity contribution < 1.29 is 0 Å². The van der Waals surface area contributed by atoms with E-state index in [-0.39, 0.29) is 0 Å². The maximum absolute atomic E-state index is 4.97. The second kappa shape index (κ2) is 11.9. The van der Waals surface area contributed by atoms with E-state index in [4.69, 9.17) is 4.98 Å². The van der Waals surface area contributed by atoms with Crippen LogP contribution >= 0.6 is 0 Å². The van der Waals surface area contributed by atoms with Crippen LogP contribution in [0.15, 0.2) is 36.5 Å². The molecule has 0 fully saturated rings. The summed E-state index contributed by atoms with van der Waals surface area (Å²) in [5.41, 5.74) is 2.70. The molecule has 0 aliphatic heterocycles. The number of benzene rings is 1. The average molecular weight is 355 g/mol. The summed E-state index contributed by atoms with van der Waals surface area (Å²) in [6, 6.07) is 11.3. The number of hydrogen-bond acceptors (Lipinski definition) is 1. The van der Waals surface area contributed by atoms with E-state index in [1.54, 1.807) is 0 Å². The van der Waals surface area contributed by atoms with E-state index in [1.807, 2.05) is 0 Å². The van der Waals surface area contributed by atoms with Crippen LogP contribution in [-0.2, 0) is 19.3 Å². The number of hydrogen-bond donors (Lipinski definition) is 0. The lowest BCUT2D eigenvalue weighted by atomic mass is 10.1. The van der Waals surface area contributed by atoms with Crippen LogP contribution in [0.1, 0.15) is 95.3 Å². The highest BCUT2D eigenvalue weighted by Gasteiger charge is 2.10. The number of rotatable bonds is 13. The maximum atomic E-state index is 4.97. The molecule has 0 saturated carbocycles. The van der Waals surface area contributed by atoms with Gasteiger partial charge in [0.2, 0.25) is 0 Å². The summed E-state index contributed by atoms with van der Waals surface area (Å²) in [6.45, 7) is 6.82. The number of unbranched alkanes of at least 4 members (excludes halogenated alkanes) is 6. The molecule has 0 N–H and O–H groups in total. The largest absolute Gasteiger partial charge is 0.332 e. The zero-order valence-electron chi connectivity index (χ0n) is 17.2. The van der Waals surface area contributed by atoms with Gasteiger partial charge in [0.1, 0.15) is 5.82 Å². The predicted molar refractivity (Wildman–Crippen MR) is 113 cm³/mol. The quantitative estimate of drug-likeness (QED) is 0.356. The molecule has 0 atom stereocenters. The molecule has 1 heterocycles. The van der Waals surface area contributed by atoms with Gasteiger partial charge in [0.25, 0.3) is 0 Å². The molecule has 1 aromatic carbocycles. The van der Waals surface area contributed by atoms with Gasteiger partial charge in [-0.1, -0.05) is 75.8 Å². The van der Waals surface area contributed by atoms with E-state index >= 15 is 0 Å². The van der Waals surface area contributed by atoms with Crippen molar-refractivity contribution in [2.24, 2.45) is 0 Å². The Morgan fingerprint density at radius 2 is 1.50 bits per heavy atom. The molecule has 2 rings (SSSR count). The summed E-state index contributed by atoms with van der Waals surface area (Å²) in [5.74, 6) is 1.29. The molecule has 0 saturated heterocycles. The number of aryl methyl sites for hydroxylation is 3. The lowest BCUT2D eigenvalue weighted by Gasteiger charge is -2.11. The van der Waals surface area contributed by atoms with Crippen LogP contribution in [0.3, 0.4) is 0 Å². The number of imidazole rings is 1. The van der Waals surface area contributed by atoms with Gasteiger partial charge in [-0.15, -0.1) is 0 Å². The van der Waals surface area contributed by atoms with Gasteiger partial charge in [-0.05, 0) is 45.1 Å². The second-order valence-electron chi connectivity index (χ2n) is 7.86. The van der Waals surface area contributed by atoms with Crippen molar-refractivity contribution in [1.82, 2.24) is 9.55 Å². The van der Waals surface area contributed by atoms with Crippen molar-refractivity contribution in [3.8, 4) is 0 Å². The molecule has 2 nitrogen and oxygen atoms in total. The van der Waals surface area contributed by atoms with Crippen molar-refractivity contribution in [2.75, 3.05) is 0 Å². The Kier molecular flexibility index (Phi) is 9.52. The molecular weight excluding hydrogens is 316 g/mol. The molecule has 0 bridgehead atoms. The van der Waals surface area contributed by atoms with Gasteiger partial charge in [-0.25, -0.2) is 4.98 Å². The van der Waals surface area contributed by atoms with Crippen LogP contribution in [0.4, 0.5) is 0 Å². The molecule has 0 amide bonds. The van der Waals surface area contributed by atoms with Gasteiger partial charge < -0.3 is 4.57 Å². The fraction of sp³-hybridized carbons (Fsp3) is 0.625. The summed E-state index contributed by atoms with van der Waals surface area (Å²) in [5, 5.41) is 0. The summed E-state index contributed by atoms with van der Waals surface area (Å²) >= 11 is 0. The SMILES string of the molecule is CCCCCCCCCc1nc(CCCc2ccccc2)cn1C(C)C. The zero-order valence-corrected chi connectivity index (χ0v) is 17.2. The topological polar surface area (TPSA) is 17.8 Å². The first-order valence-corrected chi connectivity index (χ1v) is 10.8. The fourth-order valence-corrected chi connectivity index (χ4v) is 3.60. The number of aromatic nitrogens is 2. The monoisotopic (exact) mass is 354 g/mol. The predicted octanol–water partition coefficient (Wildman–Crippen LogP) is 6.93.